The van der Waals surface area contributed by atoms with Crippen LogP contribution in [-0.2, 0) is 23.2 Å². The first-order valence-corrected chi connectivity index (χ1v) is 11.2. The van der Waals surface area contributed by atoms with E-state index < -0.39 is 23.2 Å². The van der Waals surface area contributed by atoms with Gasteiger partial charge in [0.2, 0.25) is 0 Å². The predicted molar refractivity (Wildman–Crippen MR) is 97.2 cm³/mol. The van der Waals surface area contributed by atoms with Crippen LogP contribution >= 0.6 is 0 Å². The number of fused-ring (bicyclic) bond motifs is 1. The summed E-state index contributed by atoms with van der Waals surface area (Å²) in [5.41, 5.74) is 12.6. The Kier molecular flexibility index (Phi) is 6.61. The SMILES string of the molecule is CC1=Cc2c(C)cc(C)cc2[CH]1[Zr+2][C]1=C(C)C(C)=C(C)C1(C)C.[F-].[F-]. The molecule has 0 saturated carbocycles. The number of hydrogen-bond donors (Lipinski definition) is 0. The summed E-state index contributed by atoms with van der Waals surface area (Å²) in [6, 6.07) is 4.78. The minimum absolute atomic E-state index is 0. The van der Waals surface area contributed by atoms with Crippen molar-refractivity contribution >= 4 is 6.08 Å². The van der Waals surface area contributed by atoms with Gasteiger partial charge in [-0.3, -0.25) is 0 Å². The summed E-state index contributed by atoms with van der Waals surface area (Å²) in [4.78, 5) is 0. The van der Waals surface area contributed by atoms with Crippen molar-refractivity contribution < 1.29 is 32.6 Å². The van der Waals surface area contributed by atoms with Gasteiger partial charge in [0.1, 0.15) is 0 Å². The van der Waals surface area contributed by atoms with Crippen molar-refractivity contribution in [2.24, 2.45) is 5.41 Å². The van der Waals surface area contributed by atoms with Crippen LogP contribution in [0.1, 0.15) is 67.4 Å². The van der Waals surface area contributed by atoms with Crippen molar-refractivity contribution in [1.82, 2.24) is 0 Å². The Morgan fingerprint density at radius 1 is 0.880 bits per heavy atom. The molecule has 2 aliphatic rings. The maximum absolute atomic E-state index is 2.46. The Bertz CT molecular complexity index is 794. The molecule has 0 heterocycles. The van der Waals surface area contributed by atoms with Gasteiger partial charge in [-0.25, -0.2) is 0 Å². The van der Waals surface area contributed by atoms with Gasteiger partial charge in [0.15, 0.2) is 0 Å². The summed E-state index contributed by atoms with van der Waals surface area (Å²) >= 11 is -0.712. The summed E-state index contributed by atoms with van der Waals surface area (Å²) in [5.74, 6) is 0. The first-order chi connectivity index (χ1) is 10.6. The van der Waals surface area contributed by atoms with Crippen LogP contribution in [0.3, 0.4) is 0 Å². The summed E-state index contributed by atoms with van der Waals surface area (Å²) in [7, 11) is 0. The van der Waals surface area contributed by atoms with Crippen LogP contribution < -0.4 is 9.41 Å². The molecule has 1 atom stereocenters. The quantitative estimate of drug-likeness (QED) is 0.653. The molecule has 0 spiro atoms. The zero-order chi connectivity index (χ0) is 17.1. The molecule has 2 aliphatic carbocycles. The van der Waals surface area contributed by atoms with Gasteiger partial charge in [-0.1, -0.05) is 0 Å². The van der Waals surface area contributed by atoms with Gasteiger partial charge in [0, 0.05) is 0 Å². The van der Waals surface area contributed by atoms with Crippen LogP contribution in [0.2, 0.25) is 0 Å². The summed E-state index contributed by atoms with van der Waals surface area (Å²) < 4.78 is 2.52. The molecule has 0 aromatic heterocycles. The zero-order valence-corrected chi connectivity index (χ0v) is 19.0. The van der Waals surface area contributed by atoms with Crippen molar-refractivity contribution in [3.05, 3.63) is 60.0 Å². The van der Waals surface area contributed by atoms with E-state index in [1.165, 1.54) is 16.7 Å². The van der Waals surface area contributed by atoms with Gasteiger partial charge >= 0.3 is 154 Å². The van der Waals surface area contributed by atoms with Crippen LogP contribution in [0.5, 0.6) is 0 Å². The van der Waals surface area contributed by atoms with Crippen molar-refractivity contribution in [2.45, 2.75) is 59.0 Å². The smallest absolute Gasteiger partial charge is 1.00 e. The second-order valence-corrected chi connectivity index (χ2v) is 11.3. The minimum Gasteiger partial charge on any atom is -1.00 e. The summed E-state index contributed by atoms with van der Waals surface area (Å²) in [6.45, 7) is 18.8. The van der Waals surface area contributed by atoms with Gasteiger partial charge in [-0.15, -0.1) is 0 Å². The number of hydrogen-bond acceptors (Lipinski definition) is 0. The molecule has 0 amide bonds. The fourth-order valence-electron chi connectivity index (χ4n) is 4.22. The van der Waals surface area contributed by atoms with Gasteiger partial charge in [0.05, 0.1) is 0 Å². The second kappa shape index (κ2) is 7.43. The third-order valence-corrected chi connectivity index (χ3v) is 11.8. The van der Waals surface area contributed by atoms with Crippen molar-refractivity contribution in [2.75, 3.05) is 0 Å². The molecule has 3 heteroatoms. The first kappa shape index (κ1) is 22.2. The van der Waals surface area contributed by atoms with E-state index in [1.807, 2.05) is 0 Å². The predicted octanol–water partition coefficient (Wildman–Crippen LogP) is 0.502. The van der Waals surface area contributed by atoms with E-state index in [2.05, 4.69) is 73.6 Å². The van der Waals surface area contributed by atoms with E-state index in [-0.39, 0.29) is 14.8 Å². The Labute approximate surface area is 162 Å². The normalized spacial score (nSPS) is 20.6. The Morgan fingerprint density at radius 2 is 1.48 bits per heavy atom. The maximum Gasteiger partial charge on any atom is -1.00 e. The zero-order valence-electron chi connectivity index (χ0n) is 16.6. The standard InChI is InChI=1S/C12H13.C10H15.2FH.Zr/c1-8-4-10(3)12-7-9(2)6-11(12)5-8;1-7-6-10(4,5)9(3)8(7)2;;;/h4-7H,1-3H3;1-5H3;2*1H;/q;;;;+2/p-2. The molecule has 0 radical (unpaired) electrons. The molecular weight excluding hydrogens is 393 g/mol. The molecule has 1 aromatic rings. The Morgan fingerprint density at radius 3 is 2.00 bits per heavy atom. The van der Waals surface area contributed by atoms with E-state index in [0.29, 0.717) is 0 Å². The number of benzene rings is 1. The third-order valence-electron chi connectivity index (χ3n) is 6.05. The van der Waals surface area contributed by atoms with Crippen LogP contribution in [0.4, 0.5) is 0 Å². The van der Waals surface area contributed by atoms with Crippen LogP contribution in [0, 0.1) is 19.3 Å². The molecule has 0 bridgehead atoms. The minimum atomic E-state index is -0.712. The number of halogens is 2. The molecule has 3 rings (SSSR count). The molecule has 0 saturated heterocycles. The van der Waals surface area contributed by atoms with E-state index in [0.717, 1.165) is 3.63 Å². The first-order valence-electron chi connectivity index (χ1n) is 8.60. The average Bonchev–Trinajstić information content (AvgIpc) is 2.84. The van der Waals surface area contributed by atoms with E-state index >= 15 is 0 Å². The van der Waals surface area contributed by atoms with Crippen LogP contribution in [0.25, 0.3) is 6.08 Å². The molecular formula is C22H28F2Zr. The molecule has 1 unspecified atom stereocenters. The summed E-state index contributed by atoms with van der Waals surface area (Å²) in [5, 5.41) is 0. The second-order valence-electron chi connectivity index (χ2n) is 7.93. The summed E-state index contributed by atoms with van der Waals surface area (Å²) in [6.07, 6.45) is 2.46. The van der Waals surface area contributed by atoms with E-state index in [4.69, 9.17) is 0 Å². The molecule has 0 nitrogen and oxygen atoms in total. The van der Waals surface area contributed by atoms with Gasteiger partial charge < -0.3 is 9.41 Å². The van der Waals surface area contributed by atoms with Gasteiger partial charge in [-0.2, -0.15) is 0 Å². The monoisotopic (exact) mass is 420 g/mol. The van der Waals surface area contributed by atoms with Crippen molar-refractivity contribution in [3.8, 4) is 0 Å². The number of allylic oxidation sites excluding steroid dienone is 5. The Hall–Kier alpha value is -0.817. The molecule has 0 fully saturated rings. The van der Waals surface area contributed by atoms with Crippen LogP contribution in [0.15, 0.2) is 37.7 Å². The maximum atomic E-state index is 2.46. The number of aryl methyl sites for hydroxylation is 2. The van der Waals surface area contributed by atoms with Crippen molar-refractivity contribution in [3.63, 3.8) is 0 Å². The van der Waals surface area contributed by atoms with Crippen molar-refractivity contribution in [1.29, 1.82) is 0 Å². The third kappa shape index (κ3) is 3.42. The Balaban J connectivity index is 0.00000156. The molecule has 134 valence electrons. The van der Waals surface area contributed by atoms with Crippen LogP contribution in [-0.4, -0.2) is 0 Å². The van der Waals surface area contributed by atoms with E-state index in [9.17, 15) is 0 Å². The van der Waals surface area contributed by atoms with Gasteiger partial charge in [-0.05, 0) is 0 Å². The topological polar surface area (TPSA) is 0 Å². The van der Waals surface area contributed by atoms with Gasteiger partial charge in [0.25, 0.3) is 0 Å². The molecule has 0 N–H and O–H groups in total. The molecule has 0 aliphatic heterocycles. The van der Waals surface area contributed by atoms with E-state index in [1.54, 1.807) is 31.1 Å². The molecule has 1 aromatic carbocycles. The molecule has 25 heavy (non-hydrogen) atoms. The average molecular weight is 422 g/mol. The fraction of sp³-hybridized carbons (Fsp3) is 0.455. The number of rotatable bonds is 2. The fourth-order valence-corrected chi connectivity index (χ4v) is 9.01. The largest absolute Gasteiger partial charge is 1.00 e.